The van der Waals surface area contributed by atoms with Crippen LogP contribution in [0.2, 0.25) is 5.02 Å². The molecule has 0 radical (unpaired) electrons. The molecular formula is C29H30BrClN4O2. The van der Waals surface area contributed by atoms with Crippen molar-refractivity contribution < 1.29 is 9.53 Å². The van der Waals surface area contributed by atoms with Gasteiger partial charge in [0.05, 0.1) is 23.5 Å². The number of carbonyl (C=O) groups is 1. The predicted octanol–water partition coefficient (Wildman–Crippen LogP) is 7.34. The fourth-order valence-corrected chi connectivity index (χ4v) is 5.72. The van der Waals surface area contributed by atoms with Gasteiger partial charge in [-0.15, -0.1) is 5.10 Å². The second-order valence-electron chi connectivity index (χ2n) is 9.47. The van der Waals surface area contributed by atoms with Gasteiger partial charge >= 0.3 is 0 Å². The molecule has 5 rings (SSSR count). The SMILES string of the molecule is COc1ccc(Br)cc1C1N(c2ccc(C)cc2)N=C(C(C)=O)N1c1ccc(N2CCCCC2)c(Cl)c1. The highest BCUT2D eigenvalue weighted by atomic mass is 79.9. The number of rotatable bonds is 6. The van der Waals surface area contributed by atoms with E-state index in [-0.39, 0.29) is 5.78 Å². The second kappa shape index (κ2) is 10.8. The molecule has 2 aliphatic heterocycles. The van der Waals surface area contributed by atoms with Gasteiger partial charge < -0.3 is 9.64 Å². The van der Waals surface area contributed by atoms with Crippen LogP contribution in [0.5, 0.6) is 5.75 Å². The summed E-state index contributed by atoms with van der Waals surface area (Å²) in [6.45, 7) is 5.60. The third kappa shape index (κ3) is 5.07. The number of benzene rings is 3. The summed E-state index contributed by atoms with van der Waals surface area (Å²) < 4.78 is 6.68. The van der Waals surface area contributed by atoms with Gasteiger partial charge in [0, 0.05) is 35.7 Å². The number of nitrogens with zero attached hydrogens (tertiary/aromatic N) is 4. The Hall–Kier alpha value is -3.03. The van der Waals surface area contributed by atoms with Crippen LogP contribution >= 0.6 is 27.5 Å². The van der Waals surface area contributed by atoms with E-state index in [1.165, 1.54) is 19.3 Å². The molecule has 1 unspecified atom stereocenters. The molecule has 3 aromatic rings. The number of amidine groups is 1. The second-order valence-corrected chi connectivity index (χ2v) is 10.8. The Labute approximate surface area is 231 Å². The molecule has 0 N–H and O–H groups in total. The molecule has 192 valence electrons. The molecule has 1 atom stereocenters. The van der Waals surface area contributed by atoms with Gasteiger partial charge in [-0.3, -0.25) is 9.69 Å². The summed E-state index contributed by atoms with van der Waals surface area (Å²) >= 11 is 10.5. The molecule has 3 aromatic carbocycles. The quantitative estimate of drug-likeness (QED) is 0.305. The predicted molar refractivity (Wildman–Crippen MR) is 155 cm³/mol. The third-order valence-corrected chi connectivity index (χ3v) is 7.69. The maximum atomic E-state index is 13.0. The van der Waals surface area contributed by atoms with Gasteiger partial charge in [0.15, 0.2) is 17.8 Å². The number of ketones is 1. The highest BCUT2D eigenvalue weighted by Gasteiger charge is 2.41. The standard InChI is InChI=1S/C29H30BrClN4O2/c1-19-7-10-22(11-8-19)35-29(24-17-21(30)9-14-27(24)37-3)34(28(32-35)20(2)36)23-12-13-26(25(31)18-23)33-15-5-4-6-16-33/h7-14,17-18,29H,4-6,15-16H2,1-3H3. The van der Waals surface area contributed by atoms with Crippen LogP contribution in [0.1, 0.15) is 43.5 Å². The van der Waals surface area contributed by atoms with E-state index in [0.717, 1.165) is 45.8 Å². The van der Waals surface area contributed by atoms with Crippen molar-refractivity contribution in [3.05, 3.63) is 81.3 Å². The Bertz CT molecular complexity index is 1340. The van der Waals surface area contributed by atoms with E-state index in [0.29, 0.717) is 16.6 Å². The largest absolute Gasteiger partial charge is 0.496 e. The zero-order chi connectivity index (χ0) is 26.1. The highest BCUT2D eigenvalue weighted by Crippen LogP contribution is 2.44. The minimum Gasteiger partial charge on any atom is -0.496 e. The van der Waals surface area contributed by atoms with E-state index >= 15 is 0 Å². The van der Waals surface area contributed by atoms with Gasteiger partial charge in [-0.1, -0.05) is 45.2 Å². The van der Waals surface area contributed by atoms with Crippen LogP contribution in [-0.4, -0.2) is 31.8 Å². The van der Waals surface area contributed by atoms with Gasteiger partial charge in [0.2, 0.25) is 0 Å². The number of anilines is 3. The molecule has 2 heterocycles. The van der Waals surface area contributed by atoms with Gasteiger partial charge in [-0.25, -0.2) is 5.01 Å². The number of halogens is 2. The number of methoxy groups -OCH3 is 1. The Morgan fingerprint density at radius 3 is 2.35 bits per heavy atom. The zero-order valence-electron chi connectivity index (χ0n) is 21.2. The summed E-state index contributed by atoms with van der Waals surface area (Å²) in [4.78, 5) is 17.3. The molecule has 0 aliphatic carbocycles. The summed E-state index contributed by atoms with van der Waals surface area (Å²) in [7, 11) is 1.65. The smallest absolute Gasteiger partial charge is 0.198 e. The molecule has 0 saturated carbocycles. The Morgan fingerprint density at radius 1 is 1.00 bits per heavy atom. The first kappa shape index (κ1) is 25.6. The van der Waals surface area contributed by atoms with Crippen molar-refractivity contribution in [1.82, 2.24) is 0 Å². The third-order valence-electron chi connectivity index (χ3n) is 6.90. The highest BCUT2D eigenvalue weighted by molar-refractivity contribution is 9.10. The molecule has 0 aromatic heterocycles. The van der Waals surface area contributed by atoms with Crippen molar-refractivity contribution in [2.45, 2.75) is 39.3 Å². The Balaban J connectivity index is 1.66. The maximum absolute atomic E-state index is 13.0. The molecule has 0 bridgehead atoms. The Morgan fingerprint density at radius 2 is 1.70 bits per heavy atom. The van der Waals surface area contributed by atoms with Gasteiger partial charge in [-0.2, -0.15) is 0 Å². The normalized spacial score (nSPS) is 17.7. The molecule has 0 amide bonds. The number of aryl methyl sites for hydroxylation is 1. The van der Waals surface area contributed by atoms with E-state index in [9.17, 15) is 4.79 Å². The summed E-state index contributed by atoms with van der Waals surface area (Å²) in [6.07, 6.45) is 3.12. The van der Waals surface area contributed by atoms with Crippen molar-refractivity contribution in [2.24, 2.45) is 5.10 Å². The Kier molecular flexibility index (Phi) is 7.45. The van der Waals surface area contributed by atoms with E-state index in [2.05, 4.69) is 26.9 Å². The van der Waals surface area contributed by atoms with Crippen LogP contribution in [-0.2, 0) is 4.79 Å². The first-order valence-electron chi connectivity index (χ1n) is 12.5. The average Bonchev–Trinajstić information content (AvgIpc) is 3.30. The minimum atomic E-state index is -0.467. The zero-order valence-corrected chi connectivity index (χ0v) is 23.6. The van der Waals surface area contributed by atoms with Crippen LogP contribution < -0.4 is 19.5 Å². The van der Waals surface area contributed by atoms with Crippen LogP contribution in [0.15, 0.2) is 70.2 Å². The van der Waals surface area contributed by atoms with E-state index in [1.54, 1.807) is 14.0 Å². The van der Waals surface area contributed by atoms with Crippen LogP contribution in [0.3, 0.4) is 0 Å². The van der Waals surface area contributed by atoms with Crippen molar-refractivity contribution in [3.63, 3.8) is 0 Å². The molecular weight excluding hydrogens is 552 g/mol. The monoisotopic (exact) mass is 580 g/mol. The number of hydrogen-bond donors (Lipinski definition) is 0. The van der Waals surface area contributed by atoms with Crippen LogP contribution in [0.25, 0.3) is 0 Å². The molecule has 0 spiro atoms. The first-order valence-corrected chi connectivity index (χ1v) is 13.7. The maximum Gasteiger partial charge on any atom is 0.198 e. The van der Waals surface area contributed by atoms with Crippen LogP contribution in [0.4, 0.5) is 17.1 Å². The summed E-state index contributed by atoms with van der Waals surface area (Å²) in [5.41, 5.74) is 4.70. The number of ether oxygens (including phenoxy) is 1. The fraction of sp³-hybridized carbons (Fsp3) is 0.310. The number of carbonyl (C=O) groups excluding carboxylic acids is 1. The summed E-state index contributed by atoms with van der Waals surface area (Å²) in [5, 5.41) is 7.40. The molecule has 2 aliphatic rings. The van der Waals surface area contributed by atoms with Crippen molar-refractivity contribution in [3.8, 4) is 5.75 Å². The lowest BCUT2D eigenvalue weighted by molar-refractivity contribution is -0.111. The average molecular weight is 582 g/mol. The van der Waals surface area contributed by atoms with Gasteiger partial charge in [0.1, 0.15) is 5.75 Å². The van der Waals surface area contributed by atoms with E-state index in [1.807, 2.05) is 71.4 Å². The number of hydrazone groups is 1. The number of piperidine rings is 1. The first-order chi connectivity index (χ1) is 17.9. The van der Waals surface area contributed by atoms with Crippen molar-refractivity contribution in [2.75, 3.05) is 35.0 Å². The van der Waals surface area contributed by atoms with Crippen molar-refractivity contribution in [1.29, 1.82) is 0 Å². The lowest BCUT2D eigenvalue weighted by atomic mass is 10.1. The lowest BCUT2D eigenvalue weighted by Gasteiger charge is -2.34. The van der Waals surface area contributed by atoms with E-state index < -0.39 is 6.17 Å². The van der Waals surface area contributed by atoms with Crippen molar-refractivity contribution >= 4 is 56.2 Å². The molecule has 37 heavy (non-hydrogen) atoms. The minimum absolute atomic E-state index is 0.134. The van der Waals surface area contributed by atoms with E-state index in [4.69, 9.17) is 21.4 Å². The molecule has 1 saturated heterocycles. The van der Waals surface area contributed by atoms with Gasteiger partial charge in [0.25, 0.3) is 0 Å². The topological polar surface area (TPSA) is 48.4 Å². The molecule has 1 fully saturated rings. The molecule has 6 nitrogen and oxygen atoms in total. The van der Waals surface area contributed by atoms with Gasteiger partial charge in [-0.05, 0) is 74.7 Å². The fourth-order valence-electron chi connectivity index (χ4n) is 5.04. The lowest BCUT2D eigenvalue weighted by Crippen LogP contribution is -2.38. The number of hydrogen-bond acceptors (Lipinski definition) is 6. The summed E-state index contributed by atoms with van der Waals surface area (Å²) in [5.74, 6) is 0.908. The van der Waals surface area contributed by atoms with Crippen LogP contribution in [0, 0.1) is 6.92 Å². The summed E-state index contributed by atoms with van der Waals surface area (Å²) in [6, 6.07) is 20.0. The number of Topliss-reactive ketones (excluding diaryl/α,β-unsaturated/α-hetero) is 1. The molecule has 8 heteroatoms.